The Hall–Kier alpha value is -0.650. The van der Waals surface area contributed by atoms with Crippen LogP contribution < -0.4 is 5.32 Å². The van der Waals surface area contributed by atoms with Crippen molar-refractivity contribution < 1.29 is 9.53 Å². The van der Waals surface area contributed by atoms with Gasteiger partial charge < -0.3 is 9.64 Å². The van der Waals surface area contributed by atoms with Gasteiger partial charge in [-0.05, 0) is 12.8 Å². The van der Waals surface area contributed by atoms with Gasteiger partial charge >= 0.3 is 0 Å². The van der Waals surface area contributed by atoms with E-state index in [1.165, 1.54) is 0 Å². The molecule has 110 valence electrons. The fourth-order valence-electron chi connectivity index (χ4n) is 2.92. The third-order valence-corrected chi connectivity index (χ3v) is 4.08. The molecule has 5 nitrogen and oxygen atoms in total. The van der Waals surface area contributed by atoms with Crippen LogP contribution in [-0.2, 0) is 9.53 Å². The van der Waals surface area contributed by atoms with Gasteiger partial charge in [-0.25, -0.2) is 0 Å². The minimum Gasteiger partial charge on any atom is -0.379 e. The summed E-state index contributed by atoms with van der Waals surface area (Å²) in [5.41, 5.74) is 0. The summed E-state index contributed by atoms with van der Waals surface area (Å²) in [5, 5.41) is 3.46. The van der Waals surface area contributed by atoms with Crippen LogP contribution in [-0.4, -0.2) is 67.3 Å². The summed E-state index contributed by atoms with van der Waals surface area (Å²) in [6, 6.07) is 0.0413. The lowest BCUT2D eigenvalue weighted by molar-refractivity contribution is -0.130. The van der Waals surface area contributed by atoms with Gasteiger partial charge in [0.1, 0.15) is 0 Å². The standard InChI is InChI=1S/C14H27N3O2/c1-3-5-12-14(18)17(13(4-2)15-12)7-6-16-8-10-19-11-9-16/h12-13,15H,3-11H2,1-2H3. The topological polar surface area (TPSA) is 44.8 Å². The van der Waals surface area contributed by atoms with Crippen molar-refractivity contribution >= 4 is 5.91 Å². The lowest BCUT2D eigenvalue weighted by Crippen LogP contribution is -2.45. The van der Waals surface area contributed by atoms with E-state index in [0.717, 1.165) is 58.7 Å². The first kappa shape index (κ1) is 14.8. The lowest BCUT2D eigenvalue weighted by Gasteiger charge is -2.30. The van der Waals surface area contributed by atoms with E-state index >= 15 is 0 Å². The Kier molecular flexibility index (Phi) is 5.60. The molecule has 0 aliphatic carbocycles. The molecule has 2 aliphatic heterocycles. The van der Waals surface area contributed by atoms with Crippen LogP contribution in [0.5, 0.6) is 0 Å². The molecule has 1 amide bonds. The summed E-state index contributed by atoms with van der Waals surface area (Å²) in [6.45, 7) is 9.70. The number of morpholine rings is 1. The highest BCUT2D eigenvalue weighted by Crippen LogP contribution is 2.16. The molecule has 0 bridgehead atoms. The average Bonchev–Trinajstić information content (AvgIpc) is 2.74. The van der Waals surface area contributed by atoms with Crippen LogP contribution in [0.25, 0.3) is 0 Å². The average molecular weight is 269 g/mol. The van der Waals surface area contributed by atoms with Gasteiger partial charge in [0.05, 0.1) is 25.4 Å². The zero-order valence-electron chi connectivity index (χ0n) is 12.2. The Bertz CT molecular complexity index is 292. The molecule has 2 atom stereocenters. The van der Waals surface area contributed by atoms with Crippen LogP contribution in [0.3, 0.4) is 0 Å². The summed E-state index contributed by atoms with van der Waals surface area (Å²) < 4.78 is 5.35. The third kappa shape index (κ3) is 3.68. The Morgan fingerprint density at radius 1 is 1.26 bits per heavy atom. The molecule has 1 N–H and O–H groups in total. The van der Waals surface area contributed by atoms with Crippen molar-refractivity contribution in [1.29, 1.82) is 0 Å². The zero-order chi connectivity index (χ0) is 13.7. The number of hydrogen-bond acceptors (Lipinski definition) is 4. The number of rotatable bonds is 6. The fraction of sp³-hybridized carbons (Fsp3) is 0.929. The van der Waals surface area contributed by atoms with E-state index in [0.29, 0.717) is 5.91 Å². The molecule has 0 aromatic rings. The summed E-state index contributed by atoms with van der Waals surface area (Å²) in [5.74, 6) is 0.293. The van der Waals surface area contributed by atoms with Gasteiger partial charge in [-0.1, -0.05) is 20.3 Å². The van der Waals surface area contributed by atoms with Crippen molar-refractivity contribution in [2.24, 2.45) is 0 Å². The van der Waals surface area contributed by atoms with Crippen molar-refractivity contribution in [3.05, 3.63) is 0 Å². The van der Waals surface area contributed by atoms with Crippen molar-refractivity contribution in [2.75, 3.05) is 39.4 Å². The zero-order valence-corrected chi connectivity index (χ0v) is 12.2. The number of carbonyl (C=O) groups excluding carboxylic acids is 1. The quantitative estimate of drug-likeness (QED) is 0.769. The smallest absolute Gasteiger partial charge is 0.241 e. The Balaban J connectivity index is 1.84. The summed E-state index contributed by atoms with van der Waals surface area (Å²) in [7, 11) is 0. The van der Waals surface area contributed by atoms with Crippen molar-refractivity contribution in [1.82, 2.24) is 15.1 Å². The van der Waals surface area contributed by atoms with Gasteiger partial charge in [0.15, 0.2) is 0 Å². The largest absolute Gasteiger partial charge is 0.379 e. The van der Waals surface area contributed by atoms with E-state index in [9.17, 15) is 4.79 Å². The van der Waals surface area contributed by atoms with Crippen LogP contribution in [0.15, 0.2) is 0 Å². The van der Waals surface area contributed by atoms with Crippen molar-refractivity contribution in [3.8, 4) is 0 Å². The van der Waals surface area contributed by atoms with E-state index in [-0.39, 0.29) is 12.2 Å². The predicted octanol–water partition coefficient (Wildman–Crippen LogP) is 0.655. The van der Waals surface area contributed by atoms with Crippen LogP contribution in [0.4, 0.5) is 0 Å². The number of carbonyl (C=O) groups is 1. The number of amides is 1. The number of nitrogens with one attached hydrogen (secondary N) is 1. The van der Waals surface area contributed by atoms with Gasteiger partial charge in [0.25, 0.3) is 0 Å². The molecule has 2 saturated heterocycles. The van der Waals surface area contributed by atoms with Gasteiger partial charge in [-0.2, -0.15) is 0 Å². The molecule has 2 aliphatic rings. The molecular formula is C14H27N3O2. The molecule has 2 heterocycles. The second-order valence-corrected chi connectivity index (χ2v) is 5.42. The first-order valence-corrected chi connectivity index (χ1v) is 7.62. The molecule has 0 aromatic carbocycles. The fourth-order valence-corrected chi connectivity index (χ4v) is 2.92. The SMILES string of the molecule is CCCC1NC(CC)N(CCN2CCOCC2)C1=O. The second kappa shape index (κ2) is 7.22. The van der Waals surface area contributed by atoms with Crippen LogP contribution in [0.1, 0.15) is 33.1 Å². The Morgan fingerprint density at radius 2 is 2.00 bits per heavy atom. The van der Waals surface area contributed by atoms with E-state index < -0.39 is 0 Å². The molecule has 0 aromatic heterocycles. The molecule has 2 fully saturated rings. The van der Waals surface area contributed by atoms with Gasteiger partial charge in [-0.15, -0.1) is 0 Å². The third-order valence-electron chi connectivity index (χ3n) is 4.08. The minimum absolute atomic E-state index is 0.0413. The Labute approximate surface area is 116 Å². The molecule has 5 heteroatoms. The minimum atomic E-state index is 0.0413. The first-order valence-electron chi connectivity index (χ1n) is 7.62. The van der Waals surface area contributed by atoms with Gasteiger partial charge in [-0.3, -0.25) is 15.0 Å². The number of hydrogen-bond donors (Lipinski definition) is 1. The molecule has 19 heavy (non-hydrogen) atoms. The van der Waals surface area contributed by atoms with E-state index in [4.69, 9.17) is 4.74 Å². The van der Waals surface area contributed by atoms with E-state index in [1.54, 1.807) is 0 Å². The first-order chi connectivity index (χ1) is 9.26. The second-order valence-electron chi connectivity index (χ2n) is 5.42. The highest BCUT2D eigenvalue weighted by atomic mass is 16.5. The number of nitrogens with zero attached hydrogens (tertiary/aromatic N) is 2. The van der Waals surface area contributed by atoms with Crippen molar-refractivity contribution in [2.45, 2.75) is 45.3 Å². The van der Waals surface area contributed by atoms with Crippen molar-refractivity contribution in [3.63, 3.8) is 0 Å². The lowest BCUT2D eigenvalue weighted by atomic mass is 10.2. The molecule has 0 radical (unpaired) electrons. The molecular weight excluding hydrogens is 242 g/mol. The van der Waals surface area contributed by atoms with Crippen LogP contribution in [0, 0.1) is 0 Å². The van der Waals surface area contributed by atoms with E-state index in [1.807, 2.05) is 4.90 Å². The number of ether oxygens (including phenoxy) is 1. The highest BCUT2D eigenvalue weighted by Gasteiger charge is 2.36. The summed E-state index contributed by atoms with van der Waals surface area (Å²) in [6.07, 6.45) is 3.21. The van der Waals surface area contributed by atoms with E-state index in [2.05, 4.69) is 24.1 Å². The predicted molar refractivity (Wildman–Crippen MR) is 74.9 cm³/mol. The highest BCUT2D eigenvalue weighted by molar-refractivity contribution is 5.84. The van der Waals surface area contributed by atoms with Gasteiger partial charge in [0.2, 0.25) is 5.91 Å². The molecule has 2 rings (SSSR count). The normalized spacial score (nSPS) is 29.2. The maximum absolute atomic E-state index is 12.4. The van der Waals surface area contributed by atoms with Gasteiger partial charge in [0, 0.05) is 26.2 Å². The van der Waals surface area contributed by atoms with Crippen LogP contribution >= 0.6 is 0 Å². The monoisotopic (exact) mass is 269 g/mol. The molecule has 0 saturated carbocycles. The van der Waals surface area contributed by atoms with Crippen LogP contribution in [0.2, 0.25) is 0 Å². The molecule has 0 spiro atoms. The maximum Gasteiger partial charge on any atom is 0.241 e. The summed E-state index contributed by atoms with van der Waals surface area (Å²) >= 11 is 0. The summed E-state index contributed by atoms with van der Waals surface area (Å²) in [4.78, 5) is 16.8. The maximum atomic E-state index is 12.4. The molecule has 2 unspecified atom stereocenters. The Morgan fingerprint density at radius 3 is 2.63 bits per heavy atom.